The van der Waals surface area contributed by atoms with E-state index < -0.39 is 6.09 Å². The smallest absolute Gasteiger partial charge is 0.408 e. The largest absolute Gasteiger partial charge is 0.436 e. The van der Waals surface area contributed by atoms with E-state index in [1.807, 2.05) is 25.1 Å². The van der Waals surface area contributed by atoms with E-state index in [0.29, 0.717) is 12.4 Å². The van der Waals surface area contributed by atoms with Gasteiger partial charge in [0.25, 0.3) is 0 Å². The summed E-state index contributed by atoms with van der Waals surface area (Å²) >= 11 is 0. The lowest BCUT2D eigenvalue weighted by atomic mass is 10.1. The first-order chi connectivity index (χ1) is 11.6. The minimum Gasteiger partial charge on any atom is -0.436 e. The van der Waals surface area contributed by atoms with Crippen LogP contribution in [0.3, 0.4) is 0 Å². The summed E-state index contributed by atoms with van der Waals surface area (Å²) in [6, 6.07) is 7.10. The fraction of sp³-hybridized carbons (Fsp3) is 0.235. The molecule has 7 heteroatoms. The van der Waals surface area contributed by atoms with Crippen molar-refractivity contribution in [3.8, 4) is 12.3 Å². The van der Waals surface area contributed by atoms with Crippen LogP contribution in [0.4, 0.5) is 15.4 Å². The summed E-state index contributed by atoms with van der Waals surface area (Å²) in [5.74, 6) is 2.68. The summed E-state index contributed by atoms with van der Waals surface area (Å²) in [4.78, 5) is 27.2. The number of alkyl carbamates (subject to hydrolysis) is 1. The van der Waals surface area contributed by atoms with Crippen LogP contribution in [-0.2, 0) is 11.3 Å². The van der Waals surface area contributed by atoms with Crippen LogP contribution >= 0.6 is 0 Å². The molecular formula is C17H18N4O3. The Balaban J connectivity index is 2.11. The molecule has 0 saturated carbocycles. The van der Waals surface area contributed by atoms with Gasteiger partial charge in [0.15, 0.2) is 6.61 Å². The molecule has 0 atom stereocenters. The van der Waals surface area contributed by atoms with Crippen molar-refractivity contribution in [1.29, 1.82) is 0 Å². The Bertz CT molecular complexity index is 783. The van der Waals surface area contributed by atoms with Crippen LogP contribution in [0.15, 0.2) is 30.5 Å². The number of anilines is 1. The number of nitrogens with one attached hydrogen (secondary N) is 3. The number of hydrogen-bond donors (Lipinski definition) is 3. The zero-order chi connectivity index (χ0) is 17.4. The molecule has 1 heterocycles. The molecule has 3 amide bonds. The minimum atomic E-state index is -0.576. The highest BCUT2D eigenvalue weighted by molar-refractivity contribution is 5.92. The third-order valence-electron chi connectivity index (χ3n) is 3.14. The van der Waals surface area contributed by atoms with Crippen LogP contribution in [0.5, 0.6) is 0 Å². The molecule has 0 spiro atoms. The van der Waals surface area contributed by atoms with Crippen LogP contribution in [0.25, 0.3) is 10.8 Å². The predicted octanol–water partition coefficient (Wildman–Crippen LogP) is 2.24. The summed E-state index contributed by atoms with van der Waals surface area (Å²) in [7, 11) is 0. The number of carbonyl (C=O) groups is 2. The first-order valence-corrected chi connectivity index (χ1v) is 7.40. The molecule has 0 saturated heterocycles. The maximum atomic E-state index is 11.5. The Morgan fingerprint density at radius 1 is 1.33 bits per heavy atom. The van der Waals surface area contributed by atoms with E-state index in [4.69, 9.17) is 11.2 Å². The number of hydrogen-bond acceptors (Lipinski definition) is 4. The van der Waals surface area contributed by atoms with Crippen molar-refractivity contribution in [3.05, 3.63) is 36.0 Å². The van der Waals surface area contributed by atoms with Crippen molar-refractivity contribution in [2.24, 2.45) is 0 Å². The molecule has 0 bridgehead atoms. The molecule has 2 aromatic rings. The Morgan fingerprint density at radius 2 is 2.17 bits per heavy atom. The SMILES string of the molecule is C#CCOC(=O)NCc1cccc2cc(NC(=O)NCC)ncc12. The second-order valence-corrected chi connectivity index (χ2v) is 4.83. The van der Waals surface area contributed by atoms with Gasteiger partial charge in [-0.1, -0.05) is 24.1 Å². The fourth-order valence-corrected chi connectivity index (χ4v) is 2.10. The second-order valence-electron chi connectivity index (χ2n) is 4.83. The standard InChI is InChI=1S/C17H18N4O3/c1-3-8-24-17(23)20-10-13-7-5-6-12-9-15(19-11-14(12)13)21-16(22)18-4-2/h1,5-7,9,11H,4,8,10H2,2H3,(H,20,23)(H2,18,19,21,22). The number of amides is 3. The van der Waals surface area contributed by atoms with Gasteiger partial charge in [-0.25, -0.2) is 14.6 Å². The summed E-state index contributed by atoms with van der Waals surface area (Å²) in [5, 5.41) is 9.69. The third kappa shape index (κ3) is 4.61. The normalized spacial score (nSPS) is 9.83. The van der Waals surface area contributed by atoms with Gasteiger partial charge in [0.2, 0.25) is 0 Å². The van der Waals surface area contributed by atoms with E-state index in [1.165, 1.54) is 0 Å². The number of rotatable bonds is 5. The maximum Gasteiger partial charge on any atom is 0.408 e. The molecular weight excluding hydrogens is 308 g/mol. The second kappa shape index (κ2) is 8.39. The number of ether oxygens (including phenoxy) is 1. The molecule has 0 fully saturated rings. The van der Waals surface area contributed by atoms with Gasteiger partial charge >= 0.3 is 12.1 Å². The van der Waals surface area contributed by atoms with E-state index in [1.54, 1.807) is 12.3 Å². The number of carbonyl (C=O) groups excluding carboxylic acids is 2. The highest BCUT2D eigenvalue weighted by Crippen LogP contribution is 2.20. The quantitative estimate of drug-likeness (QED) is 0.735. The summed E-state index contributed by atoms with van der Waals surface area (Å²) in [6.45, 7) is 2.58. The molecule has 0 aliphatic carbocycles. The van der Waals surface area contributed by atoms with Gasteiger partial charge in [0.1, 0.15) is 5.82 Å². The molecule has 24 heavy (non-hydrogen) atoms. The zero-order valence-corrected chi connectivity index (χ0v) is 13.3. The van der Waals surface area contributed by atoms with Crippen molar-refractivity contribution in [2.75, 3.05) is 18.5 Å². The number of nitrogens with zero attached hydrogens (tertiary/aromatic N) is 1. The van der Waals surface area contributed by atoms with E-state index in [9.17, 15) is 9.59 Å². The zero-order valence-electron chi connectivity index (χ0n) is 13.3. The summed E-state index contributed by atoms with van der Waals surface area (Å²) in [5.41, 5.74) is 0.877. The molecule has 0 aliphatic heterocycles. The topological polar surface area (TPSA) is 92.4 Å². The molecule has 0 unspecified atom stereocenters. The number of urea groups is 1. The molecule has 0 aliphatic rings. The van der Waals surface area contributed by atoms with Gasteiger partial charge in [0, 0.05) is 24.7 Å². The van der Waals surface area contributed by atoms with Gasteiger partial charge in [-0.2, -0.15) is 0 Å². The fourth-order valence-electron chi connectivity index (χ4n) is 2.10. The lowest BCUT2D eigenvalue weighted by molar-refractivity contribution is 0.159. The molecule has 3 N–H and O–H groups in total. The number of fused-ring (bicyclic) bond motifs is 1. The molecule has 0 radical (unpaired) electrons. The van der Waals surface area contributed by atoms with Crippen molar-refractivity contribution in [2.45, 2.75) is 13.5 Å². The average Bonchev–Trinajstić information content (AvgIpc) is 2.58. The number of terminal acetylenes is 1. The predicted molar refractivity (Wildman–Crippen MR) is 91.5 cm³/mol. The first kappa shape index (κ1) is 17.1. The Hall–Kier alpha value is -3.27. The highest BCUT2D eigenvalue weighted by atomic mass is 16.5. The van der Waals surface area contributed by atoms with Gasteiger partial charge < -0.3 is 15.4 Å². The summed E-state index contributed by atoms with van der Waals surface area (Å²) in [6.07, 6.45) is 6.11. The lowest BCUT2D eigenvalue weighted by Gasteiger charge is -2.10. The van der Waals surface area contributed by atoms with Crippen molar-refractivity contribution >= 4 is 28.7 Å². The van der Waals surface area contributed by atoms with Gasteiger partial charge in [-0.3, -0.25) is 5.32 Å². The van der Waals surface area contributed by atoms with Gasteiger partial charge in [0.05, 0.1) is 0 Å². The molecule has 124 valence electrons. The Labute approximate surface area is 139 Å². The van der Waals surface area contributed by atoms with Crippen LogP contribution in [-0.4, -0.2) is 30.3 Å². The van der Waals surface area contributed by atoms with Crippen LogP contribution in [0.1, 0.15) is 12.5 Å². The molecule has 1 aromatic heterocycles. The van der Waals surface area contributed by atoms with Crippen LogP contribution in [0, 0.1) is 12.3 Å². The first-order valence-electron chi connectivity index (χ1n) is 7.40. The Kier molecular flexibility index (Phi) is 5.97. The van der Waals surface area contributed by atoms with Crippen molar-refractivity contribution in [1.82, 2.24) is 15.6 Å². The highest BCUT2D eigenvalue weighted by Gasteiger charge is 2.07. The van der Waals surface area contributed by atoms with E-state index in [2.05, 4.69) is 26.9 Å². The molecule has 7 nitrogen and oxygen atoms in total. The maximum absolute atomic E-state index is 11.5. The minimum absolute atomic E-state index is 0.0716. The van der Waals surface area contributed by atoms with E-state index in [-0.39, 0.29) is 19.2 Å². The summed E-state index contributed by atoms with van der Waals surface area (Å²) < 4.78 is 4.75. The number of aromatic nitrogens is 1. The van der Waals surface area contributed by atoms with Crippen LogP contribution in [0.2, 0.25) is 0 Å². The molecule has 1 aromatic carbocycles. The van der Waals surface area contributed by atoms with Gasteiger partial charge in [-0.05, 0) is 23.9 Å². The third-order valence-corrected chi connectivity index (χ3v) is 3.14. The average molecular weight is 326 g/mol. The van der Waals surface area contributed by atoms with Crippen molar-refractivity contribution in [3.63, 3.8) is 0 Å². The number of benzene rings is 1. The Morgan fingerprint density at radius 3 is 2.92 bits per heavy atom. The van der Waals surface area contributed by atoms with Gasteiger partial charge in [-0.15, -0.1) is 6.42 Å². The van der Waals surface area contributed by atoms with Crippen LogP contribution < -0.4 is 16.0 Å². The molecule has 2 rings (SSSR count). The van der Waals surface area contributed by atoms with Crippen molar-refractivity contribution < 1.29 is 14.3 Å². The van der Waals surface area contributed by atoms with E-state index >= 15 is 0 Å². The lowest BCUT2D eigenvalue weighted by Crippen LogP contribution is -2.28. The number of pyridine rings is 1. The van der Waals surface area contributed by atoms with E-state index in [0.717, 1.165) is 16.3 Å². The monoisotopic (exact) mass is 326 g/mol.